The number of furan rings is 1. The van der Waals surface area contributed by atoms with E-state index in [1.807, 2.05) is 25.1 Å². The third-order valence-corrected chi connectivity index (χ3v) is 5.48. The molecular weight excluding hydrogens is 462 g/mol. The maximum atomic E-state index is 12.4. The van der Waals surface area contributed by atoms with E-state index >= 15 is 0 Å². The molecule has 4 aromatic rings. The number of carbonyl (C=O) groups excluding carboxylic acids is 2. The fourth-order valence-corrected chi connectivity index (χ4v) is 3.64. The molecule has 0 aliphatic carbocycles. The van der Waals surface area contributed by atoms with Gasteiger partial charge in [0.2, 0.25) is 0 Å². The monoisotopic (exact) mass is 489 g/mol. The van der Waals surface area contributed by atoms with Crippen molar-refractivity contribution in [2.75, 3.05) is 6.61 Å². The SMILES string of the molecule is Cc1ccc(OCC(=O)Oc2ccc3cc(C(=O)NCc4ccco4)c(=O)oc3c2)c(C(C)(C)C)c1. The van der Waals surface area contributed by atoms with Gasteiger partial charge in [-0.1, -0.05) is 38.5 Å². The largest absolute Gasteiger partial charge is 0.482 e. The lowest BCUT2D eigenvalue weighted by Gasteiger charge is -2.23. The lowest BCUT2D eigenvalue weighted by Crippen LogP contribution is -2.27. The molecule has 0 bridgehead atoms. The van der Waals surface area contributed by atoms with Crippen LogP contribution in [0.25, 0.3) is 11.0 Å². The Morgan fingerprint density at radius 3 is 2.56 bits per heavy atom. The number of esters is 1. The van der Waals surface area contributed by atoms with Gasteiger partial charge in [-0.15, -0.1) is 0 Å². The van der Waals surface area contributed by atoms with Crippen LogP contribution in [0.4, 0.5) is 0 Å². The van der Waals surface area contributed by atoms with Crippen LogP contribution in [0.1, 0.15) is 48.0 Å². The topological polar surface area (TPSA) is 108 Å². The summed E-state index contributed by atoms with van der Waals surface area (Å²) in [7, 11) is 0. The zero-order valence-corrected chi connectivity index (χ0v) is 20.5. The summed E-state index contributed by atoms with van der Waals surface area (Å²) in [5, 5.41) is 3.12. The highest BCUT2D eigenvalue weighted by atomic mass is 16.6. The van der Waals surface area contributed by atoms with Gasteiger partial charge in [0.05, 0.1) is 12.8 Å². The van der Waals surface area contributed by atoms with Crippen molar-refractivity contribution in [2.45, 2.75) is 39.7 Å². The minimum atomic E-state index is -0.805. The fourth-order valence-electron chi connectivity index (χ4n) is 3.64. The van der Waals surface area contributed by atoms with Crippen molar-refractivity contribution in [3.05, 3.63) is 93.7 Å². The summed E-state index contributed by atoms with van der Waals surface area (Å²) in [4.78, 5) is 37.2. The van der Waals surface area contributed by atoms with Crippen molar-refractivity contribution in [1.29, 1.82) is 0 Å². The highest BCUT2D eigenvalue weighted by Gasteiger charge is 2.20. The highest BCUT2D eigenvalue weighted by molar-refractivity contribution is 5.96. The minimum Gasteiger partial charge on any atom is -0.482 e. The molecule has 0 unspecified atom stereocenters. The van der Waals surface area contributed by atoms with Crippen LogP contribution in [-0.4, -0.2) is 18.5 Å². The second-order valence-corrected chi connectivity index (χ2v) is 9.42. The predicted molar refractivity (Wildman–Crippen MR) is 133 cm³/mol. The first-order valence-corrected chi connectivity index (χ1v) is 11.4. The van der Waals surface area contributed by atoms with Crippen molar-refractivity contribution < 1.29 is 27.9 Å². The Kier molecular flexibility index (Phi) is 6.96. The van der Waals surface area contributed by atoms with Crippen molar-refractivity contribution in [3.63, 3.8) is 0 Å². The maximum Gasteiger partial charge on any atom is 0.349 e. The average Bonchev–Trinajstić information content (AvgIpc) is 3.34. The van der Waals surface area contributed by atoms with Gasteiger partial charge in [-0.2, -0.15) is 0 Å². The summed E-state index contributed by atoms with van der Waals surface area (Å²) in [5.41, 5.74) is 1.18. The molecule has 1 N–H and O–H groups in total. The fraction of sp³-hybridized carbons (Fsp3) is 0.250. The number of fused-ring (bicyclic) bond motifs is 1. The van der Waals surface area contributed by atoms with Gasteiger partial charge in [0, 0.05) is 11.5 Å². The molecule has 2 heterocycles. The zero-order valence-electron chi connectivity index (χ0n) is 20.5. The number of amides is 1. The van der Waals surface area contributed by atoms with E-state index in [-0.39, 0.29) is 35.5 Å². The molecule has 0 fully saturated rings. The normalized spacial score (nSPS) is 11.3. The third kappa shape index (κ3) is 5.83. The Morgan fingerprint density at radius 1 is 1.03 bits per heavy atom. The predicted octanol–water partition coefficient (Wildman–Crippen LogP) is 4.91. The van der Waals surface area contributed by atoms with E-state index < -0.39 is 17.5 Å². The number of benzene rings is 2. The van der Waals surface area contributed by atoms with Crippen molar-refractivity contribution >= 4 is 22.8 Å². The summed E-state index contributed by atoms with van der Waals surface area (Å²) < 4.78 is 21.6. The van der Waals surface area contributed by atoms with Crippen molar-refractivity contribution in [1.82, 2.24) is 5.32 Å². The molecule has 2 aromatic heterocycles. The van der Waals surface area contributed by atoms with Crippen LogP contribution in [0, 0.1) is 6.92 Å². The quantitative estimate of drug-likeness (QED) is 0.223. The Hall–Kier alpha value is -4.33. The van der Waals surface area contributed by atoms with E-state index in [1.165, 1.54) is 18.4 Å². The van der Waals surface area contributed by atoms with E-state index in [9.17, 15) is 14.4 Å². The van der Waals surface area contributed by atoms with Crippen molar-refractivity contribution in [2.24, 2.45) is 0 Å². The van der Waals surface area contributed by atoms with Crippen LogP contribution in [0.3, 0.4) is 0 Å². The van der Waals surface area contributed by atoms with Gasteiger partial charge in [0.25, 0.3) is 5.91 Å². The summed E-state index contributed by atoms with van der Waals surface area (Å²) in [6.45, 7) is 8.07. The molecule has 0 atom stereocenters. The second kappa shape index (κ2) is 10.1. The van der Waals surface area contributed by atoms with Crippen LogP contribution < -0.4 is 20.4 Å². The number of aryl methyl sites for hydroxylation is 1. The van der Waals surface area contributed by atoms with Gasteiger partial charge in [-0.05, 0) is 54.3 Å². The van der Waals surface area contributed by atoms with E-state index in [1.54, 1.807) is 24.3 Å². The van der Waals surface area contributed by atoms with Gasteiger partial charge in [0.1, 0.15) is 28.4 Å². The first-order chi connectivity index (χ1) is 17.1. The minimum absolute atomic E-state index is 0.139. The van der Waals surface area contributed by atoms with Gasteiger partial charge in [0.15, 0.2) is 6.61 Å². The van der Waals surface area contributed by atoms with Crippen LogP contribution in [0.5, 0.6) is 11.5 Å². The smallest absolute Gasteiger partial charge is 0.349 e. The molecule has 0 saturated carbocycles. The highest BCUT2D eigenvalue weighted by Crippen LogP contribution is 2.32. The molecule has 2 aromatic carbocycles. The second-order valence-electron chi connectivity index (χ2n) is 9.42. The first-order valence-electron chi connectivity index (χ1n) is 11.4. The molecule has 0 spiro atoms. The molecule has 1 amide bonds. The van der Waals surface area contributed by atoms with Gasteiger partial charge < -0.3 is 23.6 Å². The lowest BCUT2D eigenvalue weighted by molar-refractivity contribution is -0.136. The first kappa shape index (κ1) is 24.8. The van der Waals surface area contributed by atoms with E-state index in [2.05, 4.69) is 26.1 Å². The Labute approximate surface area is 207 Å². The summed E-state index contributed by atoms with van der Waals surface area (Å²) in [5.74, 6) is 0.175. The number of hydrogen-bond donors (Lipinski definition) is 1. The molecule has 0 radical (unpaired) electrons. The Bertz CT molecular complexity index is 1460. The number of nitrogens with one attached hydrogen (secondary N) is 1. The molecular formula is C28H27NO7. The van der Waals surface area contributed by atoms with E-state index in [4.69, 9.17) is 18.3 Å². The number of rotatable bonds is 7. The summed E-state index contributed by atoms with van der Waals surface area (Å²) in [6.07, 6.45) is 1.49. The van der Waals surface area contributed by atoms with E-state index in [0.717, 1.165) is 11.1 Å². The molecule has 0 aliphatic heterocycles. The molecule has 0 saturated heterocycles. The average molecular weight is 490 g/mol. The maximum absolute atomic E-state index is 12.4. The number of hydrogen-bond acceptors (Lipinski definition) is 7. The van der Waals surface area contributed by atoms with E-state index in [0.29, 0.717) is 16.9 Å². The summed E-state index contributed by atoms with van der Waals surface area (Å²) >= 11 is 0. The van der Waals surface area contributed by atoms with Crippen LogP contribution in [0.2, 0.25) is 0 Å². The molecule has 36 heavy (non-hydrogen) atoms. The molecule has 8 nitrogen and oxygen atoms in total. The van der Waals surface area contributed by atoms with Crippen LogP contribution in [0.15, 0.2) is 74.5 Å². The lowest BCUT2D eigenvalue weighted by atomic mass is 9.85. The molecule has 0 aliphatic rings. The van der Waals surface area contributed by atoms with Gasteiger partial charge in [-0.3, -0.25) is 4.79 Å². The van der Waals surface area contributed by atoms with Gasteiger partial charge >= 0.3 is 11.6 Å². The molecule has 186 valence electrons. The molecule has 8 heteroatoms. The Morgan fingerprint density at radius 2 is 1.83 bits per heavy atom. The van der Waals surface area contributed by atoms with Crippen LogP contribution >= 0.6 is 0 Å². The summed E-state index contributed by atoms with van der Waals surface area (Å²) in [6, 6.07) is 15.2. The Balaban J connectivity index is 1.43. The number of ether oxygens (including phenoxy) is 2. The standard InChI is InChI=1S/C28H27NO7/c1-17-7-10-23(22(12-17)28(2,3)4)34-16-25(30)35-19-9-8-18-13-21(27(32)36-24(18)14-19)26(31)29-15-20-6-5-11-33-20/h5-14H,15-16H2,1-4H3,(H,29,31). The van der Waals surface area contributed by atoms with Crippen molar-refractivity contribution in [3.8, 4) is 11.5 Å². The van der Waals surface area contributed by atoms with Gasteiger partial charge in [-0.25, -0.2) is 9.59 Å². The molecule has 4 rings (SSSR count). The van der Waals surface area contributed by atoms with Crippen LogP contribution in [-0.2, 0) is 16.8 Å². The zero-order chi connectivity index (χ0) is 25.9. The number of carbonyl (C=O) groups is 2. The third-order valence-electron chi connectivity index (χ3n) is 5.48.